The molecule has 0 heterocycles. The van der Waals surface area contributed by atoms with Crippen molar-refractivity contribution in [1.82, 2.24) is 0 Å². The predicted molar refractivity (Wildman–Crippen MR) is 62.2 cm³/mol. The van der Waals surface area contributed by atoms with E-state index in [0.29, 0.717) is 26.4 Å². The standard InChI is InChI=1S/C8H14O2.3CH4/c1-3-5-9-7-8-10-6-4-2;;;/h3-4H,1-2,5-8H2;3*1H4. The van der Waals surface area contributed by atoms with Crippen LogP contribution in [0.5, 0.6) is 0 Å². The molecule has 0 aliphatic carbocycles. The van der Waals surface area contributed by atoms with Gasteiger partial charge in [0.2, 0.25) is 0 Å². The van der Waals surface area contributed by atoms with Gasteiger partial charge < -0.3 is 9.47 Å². The zero-order valence-electron chi connectivity index (χ0n) is 6.21. The Morgan fingerprint density at radius 2 is 1.08 bits per heavy atom. The Morgan fingerprint density at radius 3 is 1.31 bits per heavy atom. The highest BCUT2D eigenvalue weighted by Crippen LogP contribution is 1.78. The number of hydrogen-bond donors (Lipinski definition) is 0. The molecule has 0 aromatic rings. The van der Waals surface area contributed by atoms with Gasteiger partial charge in [0.15, 0.2) is 0 Å². The molecule has 0 N–H and O–H groups in total. The molecular weight excluding hydrogens is 164 g/mol. The Hall–Kier alpha value is -0.600. The van der Waals surface area contributed by atoms with E-state index in [1.807, 2.05) is 0 Å². The zero-order chi connectivity index (χ0) is 7.66. The molecule has 13 heavy (non-hydrogen) atoms. The third-order valence-corrected chi connectivity index (χ3v) is 0.843. The van der Waals surface area contributed by atoms with Crippen LogP contribution in [0.1, 0.15) is 22.3 Å². The van der Waals surface area contributed by atoms with Crippen molar-refractivity contribution < 1.29 is 9.47 Å². The molecule has 0 fully saturated rings. The van der Waals surface area contributed by atoms with Gasteiger partial charge in [-0.25, -0.2) is 0 Å². The zero-order valence-corrected chi connectivity index (χ0v) is 6.21. The Morgan fingerprint density at radius 1 is 0.769 bits per heavy atom. The molecule has 0 amide bonds. The van der Waals surface area contributed by atoms with Crippen LogP contribution < -0.4 is 0 Å². The van der Waals surface area contributed by atoms with Crippen LogP contribution in [0.4, 0.5) is 0 Å². The maximum atomic E-state index is 5.05. The molecule has 0 aromatic carbocycles. The molecule has 82 valence electrons. The Bertz CT molecular complexity index is 78.1. The molecule has 0 radical (unpaired) electrons. The van der Waals surface area contributed by atoms with Crippen molar-refractivity contribution in [3.8, 4) is 0 Å². The van der Waals surface area contributed by atoms with E-state index in [0.717, 1.165) is 0 Å². The summed E-state index contributed by atoms with van der Waals surface area (Å²) in [5.41, 5.74) is 0. The van der Waals surface area contributed by atoms with Gasteiger partial charge in [-0.05, 0) is 0 Å². The summed E-state index contributed by atoms with van der Waals surface area (Å²) in [4.78, 5) is 0. The fourth-order valence-electron chi connectivity index (χ4n) is 0.451. The number of ether oxygens (including phenoxy) is 2. The van der Waals surface area contributed by atoms with Crippen molar-refractivity contribution in [2.24, 2.45) is 0 Å². The predicted octanol–water partition coefficient (Wildman–Crippen LogP) is 3.30. The lowest BCUT2D eigenvalue weighted by molar-refractivity contribution is 0.0710. The first-order valence-electron chi connectivity index (χ1n) is 3.29. The lowest BCUT2D eigenvalue weighted by Gasteiger charge is -2.00. The van der Waals surface area contributed by atoms with E-state index >= 15 is 0 Å². The van der Waals surface area contributed by atoms with Crippen LogP contribution in [-0.4, -0.2) is 26.4 Å². The summed E-state index contributed by atoms with van der Waals surface area (Å²) in [7, 11) is 0. The minimum Gasteiger partial charge on any atom is -0.375 e. The maximum absolute atomic E-state index is 5.05. The highest BCUT2D eigenvalue weighted by Gasteiger charge is 1.83. The van der Waals surface area contributed by atoms with Gasteiger partial charge in [-0.2, -0.15) is 0 Å². The largest absolute Gasteiger partial charge is 0.375 e. The van der Waals surface area contributed by atoms with Gasteiger partial charge >= 0.3 is 0 Å². The topological polar surface area (TPSA) is 18.5 Å². The summed E-state index contributed by atoms with van der Waals surface area (Å²) >= 11 is 0. The fourth-order valence-corrected chi connectivity index (χ4v) is 0.451. The summed E-state index contributed by atoms with van der Waals surface area (Å²) in [6.45, 7) is 9.46. The first kappa shape index (κ1) is 22.8. The van der Waals surface area contributed by atoms with Crippen molar-refractivity contribution >= 4 is 0 Å². The summed E-state index contributed by atoms with van der Waals surface area (Å²) < 4.78 is 10.1. The summed E-state index contributed by atoms with van der Waals surface area (Å²) in [6.07, 6.45) is 3.43. The molecule has 0 aliphatic rings. The summed E-state index contributed by atoms with van der Waals surface area (Å²) in [5, 5.41) is 0. The van der Waals surface area contributed by atoms with Crippen LogP contribution >= 0.6 is 0 Å². The highest BCUT2D eigenvalue weighted by molar-refractivity contribution is 4.64. The molecule has 2 nitrogen and oxygen atoms in total. The van der Waals surface area contributed by atoms with Crippen LogP contribution in [0.15, 0.2) is 25.3 Å². The van der Waals surface area contributed by atoms with Gasteiger partial charge in [0.25, 0.3) is 0 Å². The van der Waals surface area contributed by atoms with Gasteiger partial charge in [0.1, 0.15) is 0 Å². The normalized spacial score (nSPS) is 7.08. The van der Waals surface area contributed by atoms with Crippen LogP contribution in [0.3, 0.4) is 0 Å². The third kappa shape index (κ3) is 24.6. The molecule has 0 bridgehead atoms. The van der Waals surface area contributed by atoms with Gasteiger partial charge in [-0.3, -0.25) is 0 Å². The van der Waals surface area contributed by atoms with E-state index in [9.17, 15) is 0 Å². The minimum absolute atomic E-state index is 0. The van der Waals surface area contributed by atoms with Crippen molar-refractivity contribution in [2.75, 3.05) is 26.4 Å². The molecule has 0 saturated carbocycles. The van der Waals surface area contributed by atoms with Crippen molar-refractivity contribution in [3.63, 3.8) is 0 Å². The van der Waals surface area contributed by atoms with E-state index in [2.05, 4.69) is 13.2 Å². The smallest absolute Gasteiger partial charge is 0.0704 e. The van der Waals surface area contributed by atoms with E-state index in [-0.39, 0.29) is 22.3 Å². The van der Waals surface area contributed by atoms with Crippen LogP contribution in [0, 0.1) is 0 Å². The van der Waals surface area contributed by atoms with E-state index in [1.165, 1.54) is 0 Å². The minimum atomic E-state index is 0. The molecule has 0 aliphatic heterocycles. The molecule has 0 aromatic heterocycles. The molecular formula is C11H26O2. The average Bonchev–Trinajstić information content (AvgIpc) is 1.97. The third-order valence-electron chi connectivity index (χ3n) is 0.843. The van der Waals surface area contributed by atoms with Crippen LogP contribution in [0.25, 0.3) is 0 Å². The monoisotopic (exact) mass is 190 g/mol. The quantitative estimate of drug-likeness (QED) is 0.453. The molecule has 2 heteroatoms. The first-order chi connectivity index (χ1) is 4.91. The van der Waals surface area contributed by atoms with Crippen molar-refractivity contribution in [2.45, 2.75) is 22.3 Å². The molecule has 0 unspecified atom stereocenters. The second-order valence-corrected chi connectivity index (χ2v) is 1.73. The lowest BCUT2D eigenvalue weighted by Crippen LogP contribution is -2.03. The van der Waals surface area contributed by atoms with E-state index in [4.69, 9.17) is 9.47 Å². The number of rotatable bonds is 7. The molecule has 0 atom stereocenters. The first-order valence-corrected chi connectivity index (χ1v) is 3.29. The summed E-state index contributed by atoms with van der Waals surface area (Å²) in [6, 6.07) is 0. The van der Waals surface area contributed by atoms with Gasteiger partial charge in [-0.15, -0.1) is 13.2 Å². The molecule has 0 saturated heterocycles. The Labute approximate surface area is 84.3 Å². The molecule has 0 rings (SSSR count). The Balaban J connectivity index is -0.000000135. The van der Waals surface area contributed by atoms with Crippen molar-refractivity contribution in [1.29, 1.82) is 0 Å². The maximum Gasteiger partial charge on any atom is 0.0704 e. The lowest BCUT2D eigenvalue weighted by atomic mass is 10.6. The Kier molecular flexibility index (Phi) is 39.6. The number of hydrogen-bond acceptors (Lipinski definition) is 2. The van der Waals surface area contributed by atoms with E-state index < -0.39 is 0 Å². The fraction of sp³-hybridized carbons (Fsp3) is 0.636. The second-order valence-electron chi connectivity index (χ2n) is 1.73. The van der Waals surface area contributed by atoms with Crippen molar-refractivity contribution in [3.05, 3.63) is 25.3 Å². The van der Waals surface area contributed by atoms with E-state index in [1.54, 1.807) is 12.2 Å². The van der Waals surface area contributed by atoms with Gasteiger partial charge in [0.05, 0.1) is 26.4 Å². The van der Waals surface area contributed by atoms with Crippen LogP contribution in [-0.2, 0) is 9.47 Å². The average molecular weight is 190 g/mol. The summed E-state index contributed by atoms with van der Waals surface area (Å²) in [5.74, 6) is 0. The second kappa shape index (κ2) is 22.5. The van der Waals surface area contributed by atoms with Gasteiger partial charge in [0, 0.05) is 0 Å². The highest BCUT2D eigenvalue weighted by atomic mass is 16.5. The van der Waals surface area contributed by atoms with Gasteiger partial charge in [-0.1, -0.05) is 34.4 Å². The van der Waals surface area contributed by atoms with Crippen LogP contribution in [0.2, 0.25) is 0 Å². The molecule has 0 spiro atoms. The SMILES string of the molecule is C.C.C.C=CCOCCOCC=C.